The maximum absolute atomic E-state index is 12.8. The van der Waals surface area contributed by atoms with Crippen molar-refractivity contribution in [2.45, 2.75) is 18.0 Å². The third kappa shape index (κ3) is 3.25. The molecule has 0 aromatic heterocycles. The summed E-state index contributed by atoms with van der Waals surface area (Å²) in [7, 11) is 0. The summed E-state index contributed by atoms with van der Waals surface area (Å²) < 4.78 is 25.6. The summed E-state index contributed by atoms with van der Waals surface area (Å²) in [6.07, 6.45) is -1.12. The Balaban J connectivity index is 2.17. The average molecular weight is 284 g/mol. The smallest absolute Gasteiger partial charge is 0.404 e. The van der Waals surface area contributed by atoms with E-state index in [1.54, 1.807) is 4.90 Å². The van der Waals surface area contributed by atoms with Crippen LogP contribution in [0.25, 0.3) is 0 Å². The average Bonchev–Trinajstić information content (AvgIpc) is 2.84. The number of likely N-dealkylation sites (tertiary alicyclic amines) is 1. The third-order valence-corrected chi connectivity index (χ3v) is 3.76. The topological polar surface area (TPSA) is 52.6 Å². The predicted octanol–water partition coefficient (Wildman–Crippen LogP) is 2.03. The molecular weight excluding hydrogens is 266 g/mol. The Morgan fingerprint density at radius 3 is 2.50 bits per heavy atom. The maximum Gasteiger partial charge on any atom is 0.404 e. The van der Waals surface area contributed by atoms with Crippen molar-refractivity contribution in [2.75, 3.05) is 26.4 Å². The molecule has 0 radical (unpaired) electrons. The highest BCUT2D eigenvalue weighted by atomic mass is 19.1. The summed E-state index contributed by atoms with van der Waals surface area (Å²) in [5.41, 5.74) is 0.977. The van der Waals surface area contributed by atoms with Crippen molar-refractivity contribution in [3.8, 4) is 0 Å². The number of nitrogens with one attached hydrogen (secondary N) is 1. The Kier molecular flexibility index (Phi) is 4.89. The van der Waals surface area contributed by atoms with Crippen LogP contribution in [0.4, 0.5) is 13.6 Å². The van der Waals surface area contributed by atoms with Crippen LogP contribution in [0.3, 0.4) is 0 Å². The molecule has 2 rings (SSSR count). The number of carboxylic acid groups (broad SMARTS) is 1. The van der Waals surface area contributed by atoms with Crippen LogP contribution in [0.15, 0.2) is 30.3 Å². The van der Waals surface area contributed by atoms with Crippen LogP contribution >= 0.6 is 0 Å². The molecule has 0 bridgehead atoms. The molecule has 2 N–H and O–H groups in total. The lowest BCUT2D eigenvalue weighted by Crippen LogP contribution is -2.41. The van der Waals surface area contributed by atoms with E-state index in [2.05, 4.69) is 5.32 Å². The molecule has 1 heterocycles. The number of rotatable bonds is 5. The molecule has 6 heteroatoms. The van der Waals surface area contributed by atoms with Gasteiger partial charge in [-0.05, 0) is 5.56 Å². The van der Waals surface area contributed by atoms with Crippen molar-refractivity contribution >= 4 is 6.09 Å². The largest absolute Gasteiger partial charge is 0.465 e. The normalized spacial score (nSPS) is 23.1. The molecule has 2 atom stereocenters. The molecule has 0 unspecified atom stereocenters. The Morgan fingerprint density at radius 2 is 1.95 bits per heavy atom. The number of halogens is 2. The first-order chi connectivity index (χ1) is 9.65. The van der Waals surface area contributed by atoms with Crippen molar-refractivity contribution in [3.05, 3.63) is 35.9 Å². The SMILES string of the molecule is O=C(O)N[C@@H]1CN(C(CF)CF)C[C@H]1c1ccccc1. The van der Waals surface area contributed by atoms with Crippen LogP contribution in [0, 0.1) is 0 Å². The monoisotopic (exact) mass is 284 g/mol. The lowest BCUT2D eigenvalue weighted by Gasteiger charge is -2.22. The molecule has 0 spiro atoms. The standard InChI is InChI=1S/C14H18F2N2O2/c15-6-11(7-16)18-8-12(10-4-2-1-3-5-10)13(9-18)17-14(19)20/h1-5,11-13,17H,6-9H2,(H,19,20)/t12-,13+/m0/s1. The third-order valence-electron chi connectivity index (χ3n) is 3.76. The molecule has 1 amide bonds. The summed E-state index contributed by atoms with van der Waals surface area (Å²) in [5.74, 6) is -0.0899. The van der Waals surface area contributed by atoms with E-state index in [4.69, 9.17) is 5.11 Å². The molecule has 4 nitrogen and oxygen atoms in total. The number of carbonyl (C=O) groups is 1. The number of hydrogen-bond donors (Lipinski definition) is 2. The summed E-state index contributed by atoms with van der Waals surface area (Å²) in [5, 5.41) is 11.4. The lowest BCUT2D eigenvalue weighted by molar-refractivity contribution is 0.161. The van der Waals surface area contributed by atoms with E-state index in [0.29, 0.717) is 13.1 Å². The van der Waals surface area contributed by atoms with E-state index in [9.17, 15) is 13.6 Å². The number of hydrogen-bond acceptors (Lipinski definition) is 2. The highest BCUT2D eigenvalue weighted by Gasteiger charge is 2.37. The van der Waals surface area contributed by atoms with Crippen molar-refractivity contribution < 1.29 is 18.7 Å². The van der Waals surface area contributed by atoms with E-state index >= 15 is 0 Å². The van der Waals surface area contributed by atoms with Gasteiger partial charge in [-0.2, -0.15) is 0 Å². The van der Waals surface area contributed by atoms with Crippen molar-refractivity contribution in [2.24, 2.45) is 0 Å². The first-order valence-electron chi connectivity index (χ1n) is 6.56. The van der Waals surface area contributed by atoms with Gasteiger partial charge in [0.15, 0.2) is 0 Å². The Labute approximate surface area is 116 Å². The number of alkyl halides is 2. The van der Waals surface area contributed by atoms with Gasteiger partial charge in [-0.1, -0.05) is 30.3 Å². The zero-order chi connectivity index (χ0) is 14.5. The first kappa shape index (κ1) is 14.7. The zero-order valence-corrected chi connectivity index (χ0v) is 11.0. The highest BCUT2D eigenvalue weighted by molar-refractivity contribution is 5.65. The first-order valence-corrected chi connectivity index (χ1v) is 6.56. The summed E-state index contributed by atoms with van der Waals surface area (Å²) in [4.78, 5) is 12.5. The second-order valence-corrected chi connectivity index (χ2v) is 4.99. The minimum Gasteiger partial charge on any atom is -0.465 e. The summed E-state index contributed by atoms with van der Waals surface area (Å²) in [6.45, 7) is -0.757. The molecule has 1 aromatic rings. The van der Waals surface area contributed by atoms with Crippen molar-refractivity contribution in [1.29, 1.82) is 0 Å². The fourth-order valence-corrected chi connectivity index (χ4v) is 2.71. The van der Waals surface area contributed by atoms with Crippen LogP contribution in [0.2, 0.25) is 0 Å². The summed E-state index contributed by atoms with van der Waals surface area (Å²) in [6, 6.07) is 8.30. The van der Waals surface area contributed by atoms with Crippen LogP contribution in [0.5, 0.6) is 0 Å². The predicted molar refractivity (Wildman–Crippen MR) is 71.4 cm³/mol. The summed E-state index contributed by atoms with van der Waals surface area (Å²) >= 11 is 0. The van der Waals surface area contributed by atoms with Crippen LogP contribution < -0.4 is 5.32 Å². The zero-order valence-electron chi connectivity index (χ0n) is 11.0. The molecule has 1 saturated heterocycles. The lowest BCUT2D eigenvalue weighted by atomic mass is 9.94. The Hall–Kier alpha value is -1.69. The fourth-order valence-electron chi connectivity index (χ4n) is 2.71. The van der Waals surface area contributed by atoms with Gasteiger partial charge in [-0.3, -0.25) is 4.90 Å². The van der Waals surface area contributed by atoms with E-state index in [0.717, 1.165) is 5.56 Å². The van der Waals surface area contributed by atoms with Gasteiger partial charge in [-0.25, -0.2) is 13.6 Å². The van der Waals surface area contributed by atoms with E-state index in [1.807, 2.05) is 30.3 Å². The fraction of sp³-hybridized carbons (Fsp3) is 0.500. The molecule has 1 fully saturated rings. The second-order valence-electron chi connectivity index (χ2n) is 4.99. The number of benzene rings is 1. The molecule has 1 aliphatic heterocycles. The molecule has 20 heavy (non-hydrogen) atoms. The quantitative estimate of drug-likeness (QED) is 0.870. The minimum absolute atomic E-state index is 0.0899. The van der Waals surface area contributed by atoms with Crippen molar-refractivity contribution in [1.82, 2.24) is 10.2 Å². The Bertz CT molecular complexity index is 440. The van der Waals surface area contributed by atoms with E-state index in [-0.39, 0.29) is 12.0 Å². The second kappa shape index (κ2) is 6.65. The highest BCUT2D eigenvalue weighted by Crippen LogP contribution is 2.29. The molecule has 1 aromatic carbocycles. The number of nitrogens with zero attached hydrogens (tertiary/aromatic N) is 1. The van der Waals surface area contributed by atoms with Gasteiger partial charge >= 0.3 is 6.09 Å². The minimum atomic E-state index is -1.12. The van der Waals surface area contributed by atoms with Gasteiger partial charge in [0.05, 0.1) is 12.1 Å². The van der Waals surface area contributed by atoms with Crippen LogP contribution in [-0.2, 0) is 0 Å². The molecule has 0 saturated carbocycles. The van der Waals surface area contributed by atoms with E-state index < -0.39 is 25.5 Å². The maximum atomic E-state index is 12.8. The van der Waals surface area contributed by atoms with Gasteiger partial charge < -0.3 is 10.4 Å². The molecule has 0 aliphatic carbocycles. The van der Waals surface area contributed by atoms with Gasteiger partial charge in [0.25, 0.3) is 0 Å². The van der Waals surface area contributed by atoms with Gasteiger partial charge in [0, 0.05) is 19.0 Å². The van der Waals surface area contributed by atoms with Gasteiger partial charge in [-0.15, -0.1) is 0 Å². The molecular formula is C14H18F2N2O2. The van der Waals surface area contributed by atoms with Crippen LogP contribution in [0.1, 0.15) is 11.5 Å². The van der Waals surface area contributed by atoms with Crippen molar-refractivity contribution in [3.63, 3.8) is 0 Å². The van der Waals surface area contributed by atoms with Gasteiger partial charge in [0.1, 0.15) is 13.3 Å². The molecule has 110 valence electrons. The van der Waals surface area contributed by atoms with E-state index in [1.165, 1.54) is 0 Å². The molecule has 1 aliphatic rings. The van der Waals surface area contributed by atoms with Crippen LogP contribution in [-0.4, -0.2) is 54.6 Å². The Morgan fingerprint density at radius 1 is 1.30 bits per heavy atom. The number of amides is 1. The van der Waals surface area contributed by atoms with Gasteiger partial charge in [0.2, 0.25) is 0 Å².